The highest BCUT2D eigenvalue weighted by molar-refractivity contribution is 9.09. The van der Waals surface area contributed by atoms with E-state index in [0.29, 0.717) is 11.8 Å². The van der Waals surface area contributed by atoms with Gasteiger partial charge in [-0.3, -0.25) is 0 Å². The normalized spacial score (nSPS) is 14.6. The highest BCUT2D eigenvalue weighted by Crippen LogP contribution is 2.22. The van der Waals surface area contributed by atoms with Crippen LogP contribution in [0.4, 0.5) is 4.39 Å². The van der Waals surface area contributed by atoms with E-state index in [9.17, 15) is 4.39 Å². The minimum Gasteiger partial charge on any atom is -0.385 e. The summed E-state index contributed by atoms with van der Waals surface area (Å²) < 4.78 is 18.2. The van der Waals surface area contributed by atoms with Crippen molar-refractivity contribution in [2.24, 2.45) is 11.8 Å². The van der Waals surface area contributed by atoms with Crippen LogP contribution in [0.2, 0.25) is 0 Å². The van der Waals surface area contributed by atoms with E-state index < -0.39 is 0 Å². The maximum absolute atomic E-state index is 13.1. The number of halogens is 2. The van der Waals surface area contributed by atoms with Gasteiger partial charge in [-0.25, -0.2) is 4.39 Å². The smallest absolute Gasteiger partial charge is 0.123 e. The van der Waals surface area contributed by atoms with Gasteiger partial charge in [-0.2, -0.15) is 0 Å². The Labute approximate surface area is 111 Å². The first-order chi connectivity index (χ1) is 8.17. The fourth-order valence-electron chi connectivity index (χ4n) is 1.91. The lowest BCUT2D eigenvalue weighted by Gasteiger charge is -2.21. The first-order valence-corrected chi connectivity index (χ1v) is 7.08. The molecule has 0 N–H and O–H groups in total. The molecule has 0 fully saturated rings. The molecule has 1 aromatic rings. The fourth-order valence-corrected chi connectivity index (χ4v) is 2.78. The lowest BCUT2D eigenvalue weighted by atomic mass is 9.88. The summed E-state index contributed by atoms with van der Waals surface area (Å²) in [5, 5.41) is 0.939. The van der Waals surface area contributed by atoms with Gasteiger partial charge in [0.05, 0.1) is 0 Å². The SMILES string of the molecule is COCCC(C)C(CBr)Cc1cccc(F)c1. The molecular formula is C14H20BrFO. The summed E-state index contributed by atoms with van der Waals surface area (Å²) in [4.78, 5) is 0. The van der Waals surface area contributed by atoms with Gasteiger partial charge in [0.25, 0.3) is 0 Å². The third-order valence-corrected chi connectivity index (χ3v) is 4.00. The standard InChI is InChI=1S/C14H20BrFO/c1-11(6-7-17-2)13(10-15)8-12-4-3-5-14(16)9-12/h3-5,9,11,13H,6-8,10H2,1-2H3. The van der Waals surface area contributed by atoms with E-state index in [0.717, 1.165) is 30.3 Å². The zero-order valence-electron chi connectivity index (χ0n) is 10.5. The average Bonchev–Trinajstić information content (AvgIpc) is 2.33. The average molecular weight is 303 g/mol. The molecule has 0 spiro atoms. The molecule has 0 aliphatic carbocycles. The molecule has 2 unspecified atom stereocenters. The van der Waals surface area contributed by atoms with Crippen LogP contribution >= 0.6 is 15.9 Å². The lowest BCUT2D eigenvalue weighted by molar-refractivity contribution is 0.168. The van der Waals surface area contributed by atoms with Crippen molar-refractivity contribution in [2.45, 2.75) is 19.8 Å². The number of ether oxygens (including phenoxy) is 1. The molecule has 0 bridgehead atoms. The van der Waals surface area contributed by atoms with Crippen molar-refractivity contribution in [2.75, 3.05) is 19.0 Å². The molecule has 0 amide bonds. The predicted octanol–water partition coefficient (Wildman–Crippen LogP) is 4.05. The number of hydrogen-bond donors (Lipinski definition) is 0. The molecule has 3 heteroatoms. The van der Waals surface area contributed by atoms with Gasteiger partial charge in [0.1, 0.15) is 5.82 Å². The molecule has 1 rings (SSSR count). The molecule has 1 aromatic carbocycles. The minimum atomic E-state index is -0.152. The first kappa shape index (κ1) is 14.7. The number of methoxy groups -OCH3 is 1. The van der Waals surface area contributed by atoms with Gasteiger partial charge in [-0.05, 0) is 42.4 Å². The molecule has 0 aliphatic heterocycles. The maximum Gasteiger partial charge on any atom is 0.123 e. The highest BCUT2D eigenvalue weighted by Gasteiger charge is 2.16. The molecule has 0 saturated heterocycles. The zero-order chi connectivity index (χ0) is 12.7. The van der Waals surface area contributed by atoms with Gasteiger partial charge in [-0.1, -0.05) is 35.0 Å². The summed E-state index contributed by atoms with van der Waals surface area (Å²) in [6, 6.07) is 6.87. The molecular weight excluding hydrogens is 283 g/mol. The number of benzene rings is 1. The molecule has 0 saturated carbocycles. The van der Waals surface area contributed by atoms with Crippen LogP contribution in [0.1, 0.15) is 18.9 Å². The fraction of sp³-hybridized carbons (Fsp3) is 0.571. The molecule has 0 radical (unpaired) electrons. The summed E-state index contributed by atoms with van der Waals surface area (Å²) >= 11 is 3.55. The third kappa shape index (κ3) is 5.17. The van der Waals surface area contributed by atoms with Gasteiger partial charge in [-0.15, -0.1) is 0 Å². The minimum absolute atomic E-state index is 0.152. The Morgan fingerprint density at radius 3 is 2.76 bits per heavy atom. The second-order valence-corrected chi connectivity index (χ2v) is 5.15. The predicted molar refractivity (Wildman–Crippen MR) is 73.0 cm³/mol. The van der Waals surface area contributed by atoms with Gasteiger partial charge in [0, 0.05) is 19.0 Å². The largest absolute Gasteiger partial charge is 0.385 e. The summed E-state index contributed by atoms with van der Waals surface area (Å²) in [5.41, 5.74) is 1.07. The quantitative estimate of drug-likeness (QED) is 0.690. The Bertz CT molecular complexity index is 330. The van der Waals surface area contributed by atoms with Gasteiger partial charge < -0.3 is 4.74 Å². The van der Waals surface area contributed by atoms with Crippen LogP contribution in [0.25, 0.3) is 0 Å². The van der Waals surface area contributed by atoms with Crippen molar-refractivity contribution in [3.8, 4) is 0 Å². The Morgan fingerprint density at radius 1 is 1.41 bits per heavy atom. The van der Waals surface area contributed by atoms with Gasteiger partial charge >= 0.3 is 0 Å². The van der Waals surface area contributed by atoms with Crippen molar-refractivity contribution in [3.05, 3.63) is 35.6 Å². The van der Waals surface area contributed by atoms with Crippen LogP contribution in [-0.2, 0) is 11.2 Å². The van der Waals surface area contributed by atoms with E-state index in [1.54, 1.807) is 19.2 Å². The molecule has 2 atom stereocenters. The molecule has 0 aromatic heterocycles. The Kier molecular flexibility index (Phi) is 6.75. The monoisotopic (exact) mass is 302 g/mol. The number of alkyl halides is 1. The molecule has 17 heavy (non-hydrogen) atoms. The maximum atomic E-state index is 13.1. The second-order valence-electron chi connectivity index (χ2n) is 4.51. The van der Waals surface area contributed by atoms with E-state index in [1.807, 2.05) is 6.07 Å². The van der Waals surface area contributed by atoms with Crippen molar-refractivity contribution in [1.29, 1.82) is 0 Å². The molecule has 0 heterocycles. The van der Waals surface area contributed by atoms with Crippen molar-refractivity contribution < 1.29 is 9.13 Å². The first-order valence-electron chi connectivity index (χ1n) is 5.96. The van der Waals surface area contributed by atoms with Gasteiger partial charge in [0.2, 0.25) is 0 Å². The van der Waals surface area contributed by atoms with E-state index in [2.05, 4.69) is 22.9 Å². The van der Waals surface area contributed by atoms with Crippen molar-refractivity contribution >= 4 is 15.9 Å². The number of rotatable bonds is 7. The summed E-state index contributed by atoms with van der Waals surface area (Å²) in [6.07, 6.45) is 1.95. The van der Waals surface area contributed by atoms with Crippen LogP contribution in [0.3, 0.4) is 0 Å². The van der Waals surface area contributed by atoms with Crippen LogP contribution < -0.4 is 0 Å². The topological polar surface area (TPSA) is 9.23 Å². The van der Waals surface area contributed by atoms with Crippen molar-refractivity contribution in [3.63, 3.8) is 0 Å². The second kappa shape index (κ2) is 7.83. The Morgan fingerprint density at radius 2 is 2.18 bits per heavy atom. The third-order valence-electron chi connectivity index (χ3n) is 3.17. The molecule has 0 aliphatic rings. The Hall–Kier alpha value is -0.410. The van der Waals surface area contributed by atoms with Crippen LogP contribution in [-0.4, -0.2) is 19.0 Å². The van der Waals surface area contributed by atoms with Crippen LogP contribution in [0.5, 0.6) is 0 Å². The van der Waals surface area contributed by atoms with E-state index in [1.165, 1.54) is 6.07 Å². The van der Waals surface area contributed by atoms with Gasteiger partial charge in [0.15, 0.2) is 0 Å². The van der Waals surface area contributed by atoms with Crippen LogP contribution in [0.15, 0.2) is 24.3 Å². The van der Waals surface area contributed by atoms with E-state index >= 15 is 0 Å². The van der Waals surface area contributed by atoms with Crippen LogP contribution in [0, 0.1) is 17.7 Å². The lowest BCUT2D eigenvalue weighted by Crippen LogP contribution is -2.17. The molecule has 96 valence electrons. The van der Waals surface area contributed by atoms with E-state index in [4.69, 9.17) is 4.74 Å². The summed E-state index contributed by atoms with van der Waals surface area (Å²) in [6.45, 7) is 3.01. The van der Waals surface area contributed by atoms with E-state index in [-0.39, 0.29) is 5.82 Å². The Balaban J connectivity index is 2.56. The van der Waals surface area contributed by atoms with Crippen molar-refractivity contribution in [1.82, 2.24) is 0 Å². The highest BCUT2D eigenvalue weighted by atomic mass is 79.9. The zero-order valence-corrected chi connectivity index (χ0v) is 12.0. The molecule has 1 nitrogen and oxygen atoms in total. The summed E-state index contributed by atoms with van der Waals surface area (Å²) in [7, 11) is 1.72. The number of hydrogen-bond acceptors (Lipinski definition) is 1. The summed E-state index contributed by atoms with van der Waals surface area (Å²) in [5.74, 6) is 0.935.